The Morgan fingerprint density at radius 3 is 1.77 bits per heavy atom. The van der Waals surface area contributed by atoms with Crippen LogP contribution in [0, 0.1) is 0 Å². The van der Waals surface area contributed by atoms with Gasteiger partial charge >= 0.3 is 0 Å². The van der Waals surface area contributed by atoms with Crippen LogP contribution in [0.15, 0.2) is 60.7 Å². The summed E-state index contributed by atoms with van der Waals surface area (Å²) in [6.45, 7) is 2.39. The minimum absolute atomic E-state index is 0.167. The first-order valence-electron chi connectivity index (χ1n) is 8.97. The average molecular weight is 353 g/mol. The first-order valence-corrected chi connectivity index (χ1v) is 8.97. The van der Waals surface area contributed by atoms with Crippen LogP contribution in [-0.2, 0) is 22.4 Å². The quantitative estimate of drug-likeness (QED) is 0.642. The molecule has 0 unspecified atom stereocenters. The number of rotatable bonds is 9. The molecule has 5 nitrogen and oxygen atoms in total. The summed E-state index contributed by atoms with van der Waals surface area (Å²) >= 11 is 0. The van der Waals surface area contributed by atoms with E-state index < -0.39 is 12.1 Å². The van der Waals surface area contributed by atoms with Crippen molar-refractivity contribution in [3.8, 4) is 0 Å². The van der Waals surface area contributed by atoms with Crippen molar-refractivity contribution in [2.75, 3.05) is 13.6 Å². The molecule has 0 radical (unpaired) electrons. The van der Waals surface area contributed by atoms with E-state index in [2.05, 4.69) is 16.0 Å². The molecule has 2 aromatic rings. The molecule has 0 aromatic heterocycles. The highest BCUT2D eigenvalue weighted by atomic mass is 16.2. The summed E-state index contributed by atoms with van der Waals surface area (Å²) in [7, 11) is 1.76. The van der Waals surface area contributed by atoms with Gasteiger partial charge in [0.1, 0.15) is 6.04 Å². The van der Waals surface area contributed by atoms with E-state index in [0.29, 0.717) is 19.4 Å². The lowest BCUT2D eigenvalue weighted by molar-refractivity contribution is -0.129. The van der Waals surface area contributed by atoms with Crippen LogP contribution in [0.1, 0.15) is 18.1 Å². The number of nitrogens with one attached hydrogen (secondary N) is 3. The Morgan fingerprint density at radius 1 is 0.808 bits per heavy atom. The highest BCUT2D eigenvalue weighted by Gasteiger charge is 2.25. The maximum atomic E-state index is 12.7. The summed E-state index contributed by atoms with van der Waals surface area (Å²) < 4.78 is 0. The van der Waals surface area contributed by atoms with Crippen molar-refractivity contribution in [1.29, 1.82) is 0 Å². The molecule has 2 atom stereocenters. The van der Waals surface area contributed by atoms with Gasteiger partial charge in [0.2, 0.25) is 11.8 Å². The summed E-state index contributed by atoms with van der Waals surface area (Å²) in [6, 6.07) is 18.5. The fraction of sp³-hybridized carbons (Fsp3) is 0.333. The molecule has 2 aromatic carbocycles. The third-order valence-corrected chi connectivity index (χ3v) is 4.21. The molecule has 0 heterocycles. The van der Waals surface area contributed by atoms with Gasteiger partial charge in [0.15, 0.2) is 0 Å². The second kappa shape index (κ2) is 10.4. The molecule has 5 heteroatoms. The zero-order valence-electron chi connectivity index (χ0n) is 15.4. The third kappa shape index (κ3) is 6.01. The molecule has 2 rings (SSSR count). The van der Waals surface area contributed by atoms with Gasteiger partial charge in [0, 0.05) is 13.0 Å². The third-order valence-electron chi connectivity index (χ3n) is 4.21. The number of hydrogen-bond donors (Lipinski definition) is 3. The second-order valence-corrected chi connectivity index (χ2v) is 6.18. The van der Waals surface area contributed by atoms with Gasteiger partial charge in [-0.2, -0.15) is 0 Å². The van der Waals surface area contributed by atoms with Crippen LogP contribution in [0.5, 0.6) is 0 Å². The summed E-state index contributed by atoms with van der Waals surface area (Å²) in [4.78, 5) is 25.1. The molecule has 0 aliphatic heterocycles. The number of amides is 2. The van der Waals surface area contributed by atoms with Crippen LogP contribution >= 0.6 is 0 Å². The fourth-order valence-corrected chi connectivity index (χ4v) is 2.80. The lowest BCUT2D eigenvalue weighted by Gasteiger charge is -2.22. The van der Waals surface area contributed by atoms with E-state index in [9.17, 15) is 9.59 Å². The van der Waals surface area contributed by atoms with Crippen LogP contribution in [0.25, 0.3) is 0 Å². The Kier molecular flexibility index (Phi) is 7.83. The Morgan fingerprint density at radius 2 is 1.31 bits per heavy atom. The molecule has 26 heavy (non-hydrogen) atoms. The van der Waals surface area contributed by atoms with Gasteiger partial charge in [-0.05, 0) is 31.5 Å². The van der Waals surface area contributed by atoms with Gasteiger partial charge in [0.25, 0.3) is 0 Å². The smallest absolute Gasteiger partial charge is 0.242 e. The van der Waals surface area contributed by atoms with E-state index in [1.807, 2.05) is 67.6 Å². The number of likely N-dealkylation sites (N-methyl/N-ethyl adjacent to an activating group) is 2. The van der Waals surface area contributed by atoms with E-state index in [-0.39, 0.29) is 11.8 Å². The molecular formula is C21H27N3O2. The zero-order valence-corrected chi connectivity index (χ0v) is 15.4. The molecule has 0 aliphatic rings. The molecule has 0 saturated heterocycles. The van der Waals surface area contributed by atoms with Gasteiger partial charge < -0.3 is 16.0 Å². The molecule has 0 saturated carbocycles. The number of carbonyl (C=O) groups excluding carboxylic acids is 2. The molecule has 0 aliphatic carbocycles. The van der Waals surface area contributed by atoms with Crippen molar-refractivity contribution in [2.24, 2.45) is 0 Å². The summed E-state index contributed by atoms with van der Waals surface area (Å²) in [6.07, 6.45) is 1.02. The fourth-order valence-electron chi connectivity index (χ4n) is 2.80. The Balaban J connectivity index is 2.06. The minimum atomic E-state index is -0.600. The predicted octanol–water partition coefficient (Wildman–Crippen LogP) is 1.68. The SMILES string of the molecule is CCNC(=O)[C@H](Cc1ccccc1)NC(=O)[C@H](Cc1ccccc1)NC. The largest absolute Gasteiger partial charge is 0.355 e. The average Bonchev–Trinajstić information content (AvgIpc) is 2.67. The first kappa shape index (κ1) is 19.7. The van der Waals surface area contributed by atoms with E-state index in [4.69, 9.17) is 0 Å². The summed E-state index contributed by atoms with van der Waals surface area (Å²) in [5, 5.41) is 8.76. The summed E-state index contributed by atoms with van der Waals surface area (Å²) in [5.41, 5.74) is 2.08. The minimum Gasteiger partial charge on any atom is -0.355 e. The van der Waals surface area contributed by atoms with Gasteiger partial charge in [-0.1, -0.05) is 60.7 Å². The van der Waals surface area contributed by atoms with Crippen molar-refractivity contribution in [3.63, 3.8) is 0 Å². The topological polar surface area (TPSA) is 70.2 Å². The van der Waals surface area contributed by atoms with Crippen LogP contribution in [0.2, 0.25) is 0 Å². The highest BCUT2D eigenvalue weighted by molar-refractivity contribution is 5.90. The van der Waals surface area contributed by atoms with Crippen LogP contribution in [0.4, 0.5) is 0 Å². The first-order chi connectivity index (χ1) is 12.6. The number of benzene rings is 2. The van der Waals surface area contributed by atoms with Gasteiger partial charge in [0.05, 0.1) is 6.04 Å². The summed E-state index contributed by atoms with van der Waals surface area (Å²) in [5.74, 6) is -0.345. The van der Waals surface area contributed by atoms with Crippen molar-refractivity contribution in [1.82, 2.24) is 16.0 Å². The van der Waals surface area contributed by atoms with E-state index in [1.54, 1.807) is 7.05 Å². The molecule has 2 amide bonds. The molecule has 3 N–H and O–H groups in total. The zero-order chi connectivity index (χ0) is 18.8. The second-order valence-electron chi connectivity index (χ2n) is 6.18. The molecule has 0 fully saturated rings. The molecule has 0 bridgehead atoms. The van der Waals surface area contributed by atoms with Gasteiger partial charge in [-0.3, -0.25) is 9.59 Å². The normalized spacial score (nSPS) is 12.8. The Bertz CT molecular complexity index is 689. The monoisotopic (exact) mass is 353 g/mol. The Labute approximate surface area is 155 Å². The highest BCUT2D eigenvalue weighted by Crippen LogP contribution is 2.06. The van der Waals surface area contributed by atoms with Crippen molar-refractivity contribution < 1.29 is 9.59 Å². The maximum Gasteiger partial charge on any atom is 0.242 e. The van der Waals surface area contributed by atoms with Gasteiger partial charge in [-0.15, -0.1) is 0 Å². The lowest BCUT2D eigenvalue weighted by atomic mass is 10.0. The molecular weight excluding hydrogens is 326 g/mol. The van der Waals surface area contributed by atoms with Crippen molar-refractivity contribution in [2.45, 2.75) is 31.8 Å². The van der Waals surface area contributed by atoms with Crippen LogP contribution in [0.3, 0.4) is 0 Å². The van der Waals surface area contributed by atoms with Crippen molar-refractivity contribution >= 4 is 11.8 Å². The maximum absolute atomic E-state index is 12.7. The standard InChI is InChI=1S/C21H27N3O2/c1-3-23-20(25)19(15-17-12-8-5-9-13-17)24-21(26)18(22-2)14-16-10-6-4-7-11-16/h4-13,18-19,22H,3,14-15H2,1-2H3,(H,23,25)(H,24,26)/t18-,19-/m0/s1. The van der Waals surface area contributed by atoms with Crippen LogP contribution < -0.4 is 16.0 Å². The lowest BCUT2D eigenvalue weighted by Crippen LogP contribution is -2.53. The molecule has 138 valence electrons. The van der Waals surface area contributed by atoms with Crippen molar-refractivity contribution in [3.05, 3.63) is 71.8 Å². The predicted molar refractivity (Wildman–Crippen MR) is 104 cm³/mol. The Hall–Kier alpha value is -2.66. The van der Waals surface area contributed by atoms with E-state index in [1.165, 1.54) is 0 Å². The number of hydrogen-bond acceptors (Lipinski definition) is 3. The van der Waals surface area contributed by atoms with Gasteiger partial charge in [-0.25, -0.2) is 0 Å². The molecule has 0 spiro atoms. The number of carbonyl (C=O) groups is 2. The van der Waals surface area contributed by atoms with E-state index >= 15 is 0 Å². The van der Waals surface area contributed by atoms with E-state index in [0.717, 1.165) is 11.1 Å². The van der Waals surface area contributed by atoms with Crippen LogP contribution in [-0.4, -0.2) is 37.5 Å².